The predicted octanol–water partition coefficient (Wildman–Crippen LogP) is 3.29. The molecule has 0 saturated carbocycles. The summed E-state index contributed by atoms with van der Waals surface area (Å²) in [5, 5.41) is 0. The number of carbonyl (C=O) groups excluding carboxylic acids is 2. The third kappa shape index (κ3) is 4.67. The quantitative estimate of drug-likeness (QED) is 0.421. The van der Waals surface area contributed by atoms with Crippen LogP contribution in [0, 0.1) is 19.8 Å². The second kappa shape index (κ2) is 9.07. The molecular formula is C23H27N3O4. The Morgan fingerprint density at radius 3 is 2.60 bits per heavy atom. The summed E-state index contributed by atoms with van der Waals surface area (Å²) in [5.74, 6) is -0.325. The number of aromatic nitrogens is 3. The molecule has 3 aromatic rings. The molecule has 0 bridgehead atoms. The smallest absolute Gasteiger partial charge is 0.326 e. The van der Waals surface area contributed by atoms with Crippen LogP contribution in [0.5, 0.6) is 0 Å². The lowest BCUT2D eigenvalue weighted by molar-refractivity contribution is -0.143. The molecule has 0 radical (unpaired) electrons. The molecule has 0 amide bonds. The topological polar surface area (TPSA) is 83.2 Å². The van der Waals surface area contributed by atoms with Gasteiger partial charge in [-0.05, 0) is 44.4 Å². The molecule has 158 valence electrons. The summed E-state index contributed by atoms with van der Waals surface area (Å²) < 4.78 is 8.61. The number of aryl methyl sites for hydroxylation is 1. The fourth-order valence-corrected chi connectivity index (χ4v) is 3.49. The highest BCUT2D eigenvalue weighted by molar-refractivity contribution is 5.99. The molecule has 2 heterocycles. The van der Waals surface area contributed by atoms with E-state index in [4.69, 9.17) is 4.74 Å². The van der Waals surface area contributed by atoms with Gasteiger partial charge in [-0.2, -0.15) is 0 Å². The largest absolute Gasteiger partial charge is 0.456 e. The zero-order valence-electron chi connectivity index (χ0n) is 17.8. The van der Waals surface area contributed by atoms with E-state index in [1.54, 1.807) is 24.3 Å². The van der Waals surface area contributed by atoms with Crippen molar-refractivity contribution in [2.75, 3.05) is 6.61 Å². The Hall–Kier alpha value is -3.22. The van der Waals surface area contributed by atoms with Crippen LogP contribution in [-0.2, 0) is 22.6 Å². The van der Waals surface area contributed by atoms with Crippen molar-refractivity contribution < 1.29 is 14.3 Å². The second-order valence-electron chi connectivity index (χ2n) is 7.87. The fourth-order valence-electron chi connectivity index (χ4n) is 3.49. The normalized spacial score (nSPS) is 11.2. The lowest BCUT2D eigenvalue weighted by Crippen LogP contribution is -2.27. The maximum Gasteiger partial charge on any atom is 0.326 e. The van der Waals surface area contributed by atoms with E-state index in [1.807, 2.05) is 19.9 Å². The molecule has 0 aliphatic rings. The first kappa shape index (κ1) is 21.5. The summed E-state index contributed by atoms with van der Waals surface area (Å²) in [6.07, 6.45) is 2.19. The van der Waals surface area contributed by atoms with Gasteiger partial charge in [0.05, 0.1) is 17.2 Å². The highest BCUT2D eigenvalue weighted by Gasteiger charge is 2.18. The van der Waals surface area contributed by atoms with Crippen LogP contribution < -0.4 is 5.56 Å². The first-order chi connectivity index (χ1) is 14.3. The van der Waals surface area contributed by atoms with Crippen molar-refractivity contribution in [3.63, 3.8) is 0 Å². The van der Waals surface area contributed by atoms with Crippen LogP contribution in [0.25, 0.3) is 11.0 Å². The van der Waals surface area contributed by atoms with E-state index in [2.05, 4.69) is 23.4 Å². The number of carbonyl (C=O) groups is 2. The van der Waals surface area contributed by atoms with Crippen LogP contribution in [0.15, 0.2) is 41.3 Å². The standard InChI is InChI=1S/C23H27N3O4/c1-15(2)9-10-25-16(3)11-18(17(25)4)21(27)14-30-23(29)13-26-20-8-6-5-7-19(20)24-12-22(26)28/h5-8,11-12,15H,9-10,13-14H2,1-4H3. The summed E-state index contributed by atoms with van der Waals surface area (Å²) in [7, 11) is 0. The molecule has 0 spiro atoms. The molecule has 0 N–H and O–H groups in total. The Kier molecular flexibility index (Phi) is 6.50. The molecule has 0 saturated heterocycles. The van der Waals surface area contributed by atoms with Gasteiger partial charge in [0.15, 0.2) is 6.61 Å². The number of hydrogen-bond acceptors (Lipinski definition) is 5. The predicted molar refractivity (Wildman–Crippen MR) is 115 cm³/mol. The minimum absolute atomic E-state index is 0.251. The molecule has 0 aliphatic carbocycles. The maximum absolute atomic E-state index is 12.6. The fraction of sp³-hybridized carbons (Fsp3) is 0.391. The highest BCUT2D eigenvalue weighted by Crippen LogP contribution is 2.18. The minimum Gasteiger partial charge on any atom is -0.456 e. The Labute approximate surface area is 175 Å². The van der Waals surface area contributed by atoms with E-state index in [0.717, 1.165) is 24.4 Å². The van der Waals surface area contributed by atoms with Crippen LogP contribution in [0.2, 0.25) is 0 Å². The number of nitrogens with zero attached hydrogens (tertiary/aromatic N) is 3. The number of hydrogen-bond donors (Lipinski definition) is 0. The van der Waals surface area contributed by atoms with E-state index in [9.17, 15) is 14.4 Å². The van der Waals surface area contributed by atoms with Gasteiger partial charge >= 0.3 is 5.97 Å². The third-order valence-electron chi connectivity index (χ3n) is 5.21. The Balaban J connectivity index is 1.67. The number of fused-ring (bicyclic) bond motifs is 1. The van der Waals surface area contributed by atoms with Crippen LogP contribution in [0.1, 0.15) is 42.0 Å². The molecule has 0 fully saturated rings. The SMILES string of the molecule is Cc1cc(C(=O)COC(=O)Cn2c(=O)cnc3ccccc32)c(C)n1CCC(C)C. The Morgan fingerprint density at radius 1 is 1.13 bits per heavy atom. The minimum atomic E-state index is -0.643. The van der Waals surface area contributed by atoms with Crippen LogP contribution >= 0.6 is 0 Å². The van der Waals surface area contributed by atoms with Crippen LogP contribution in [0.3, 0.4) is 0 Å². The first-order valence-electron chi connectivity index (χ1n) is 10.1. The van der Waals surface area contributed by atoms with Gasteiger partial charge in [-0.25, -0.2) is 4.98 Å². The number of ketones is 1. The highest BCUT2D eigenvalue weighted by atomic mass is 16.5. The van der Waals surface area contributed by atoms with Crippen LogP contribution in [-0.4, -0.2) is 32.5 Å². The summed E-state index contributed by atoms with van der Waals surface area (Å²) >= 11 is 0. The molecule has 30 heavy (non-hydrogen) atoms. The number of benzene rings is 1. The van der Waals surface area contributed by atoms with Crippen LogP contribution in [0.4, 0.5) is 0 Å². The molecule has 7 heteroatoms. The molecule has 0 atom stereocenters. The van der Waals surface area contributed by atoms with Crippen molar-refractivity contribution >= 4 is 22.8 Å². The molecular weight excluding hydrogens is 382 g/mol. The van der Waals surface area contributed by atoms with E-state index in [1.165, 1.54) is 10.8 Å². The first-order valence-corrected chi connectivity index (χ1v) is 10.1. The molecule has 2 aromatic heterocycles. The van der Waals surface area contributed by atoms with E-state index in [-0.39, 0.29) is 18.9 Å². The van der Waals surface area contributed by atoms with Crippen molar-refractivity contribution in [2.24, 2.45) is 5.92 Å². The second-order valence-corrected chi connectivity index (χ2v) is 7.87. The van der Waals surface area contributed by atoms with Gasteiger partial charge in [0.25, 0.3) is 5.56 Å². The monoisotopic (exact) mass is 409 g/mol. The maximum atomic E-state index is 12.6. The molecule has 1 aromatic carbocycles. The van der Waals surface area contributed by atoms with Crippen molar-refractivity contribution in [3.8, 4) is 0 Å². The molecule has 0 aliphatic heterocycles. The van der Waals surface area contributed by atoms with Crippen molar-refractivity contribution in [2.45, 2.75) is 47.2 Å². The lowest BCUT2D eigenvalue weighted by atomic mass is 10.1. The van der Waals surface area contributed by atoms with Crippen molar-refractivity contribution in [1.29, 1.82) is 0 Å². The third-order valence-corrected chi connectivity index (χ3v) is 5.21. The number of ether oxygens (including phenoxy) is 1. The number of para-hydroxylation sites is 2. The van der Waals surface area contributed by atoms with Gasteiger partial charge in [-0.1, -0.05) is 26.0 Å². The number of Topliss-reactive ketones (excluding diaryl/α,β-unsaturated/α-hetero) is 1. The van der Waals surface area contributed by atoms with E-state index >= 15 is 0 Å². The van der Waals surface area contributed by atoms with Gasteiger partial charge in [0.1, 0.15) is 6.54 Å². The zero-order valence-corrected chi connectivity index (χ0v) is 17.8. The lowest BCUT2D eigenvalue weighted by Gasteiger charge is -2.11. The average molecular weight is 409 g/mol. The van der Waals surface area contributed by atoms with E-state index in [0.29, 0.717) is 22.5 Å². The average Bonchev–Trinajstić information content (AvgIpc) is 3.00. The summed E-state index contributed by atoms with van der Waals surface area (Å²) in [4.78, 5) is 41.2. The number of rotatable bonds is 8. The van der Waals surface area contributed by atoms with Crippen molar-refractivity contribution in [3.05, 3.63) is 63.8 Å². The van der Waals surface area contributed by atoms with Gasteiger partial charge in [-0.15, -0.1) is 0 Å². The van der Waals surface area contributed by atoms with Gasteiger partial charge in [0.2, 0.25) is 5.78 Å². The Morgan fingerprint density at radius 2 is 1.87 bits per heavy atom. The van der Waals surface area contributed by atoms with E-state index < -0.39 is 11.5 Å². The molecule has 3 rings (SSSR count). The summed E-state index contributed by atoms with van der Waals surface area (Å²) in [6.45, 7) is 8.42. The molecule has 7 nitrogen and oxygen atoms in total. The van der Waals surface area contributed by atoms with Gasteiger partial charge < -0.3 is 9.30 Å². The molecule has 0 unspecified atom stereocenters. The summed E-state index contributed by atoms with van der Waals surface area (Å²) in [5.41, 5.74) is 3.21. The zero-order chi connectivity index (χ0) is 21.8. The van der Waals surface area contributed by atoms with Crippen molar-refractivity contribution in [1.82, 2.24) is 14.1 Å². The Bertz CT molecular complexity index is 1140. The van der Waals surface area contributed by atoms with Gasteiger partial charge in [-0.3, -0.25) is 19.0 Å². The summed E-state index contributed by atoms with van der Waals surface area (Å²) in [6, 6.07) is 8.89. The van der Waals surface area contributed by atoms with Gasteiger partial charge in [0, 0.05) is 23.5 Å². The number of esters is 1.